The highest BCUT2D eigenvalue weighted by Gasteiger charge is 2.35. The molecule has 0 spiro atoms. The number of carbonyl (C=O) groups is 1. The zero-order chi connectivity index (χ0) is 23.5. The van der Waals surface area contributed by atoms with Crippen LogP contribution in [-0.2, 0) is 21.4 Å². The van der Waals surface area contributed by atoms with Crippen LogP contribution in [0.25, 0.3) is 0 Å². The summed E-state index contributed by atoms with van der Waals surface area (Å²) in [5.74, 6) is -1.06. The Balaban J connectivity index is 1.84. The van der Waals surface area contributed by atoms with Gasteiger partial charge < -0.3 is 15.3 Å². The number of pyridine rings is 1. The quantitative estimate of drug-likeness (QED) is 0.556. The fourth-order valence-corrected chi connectivity index (χ4v) is 5.72. The normalized spacial score (nSPS) is 16.8. The van der Waals surface area contributed by atoms with Gasteiger partial charge in [0.15, 0.2) is 0 Å². The van der Waals surface area contributed by atoms with Gasteiger partial charge >= 0.3 is 5.97 Å². The molecule has 1 unspecified atom stereocenters. The van der Waals surface area contributed by atoms with E-state index in [1.807, 2.05) is 26.8 Å². The molecule has 0 bridgehead atoms. The molecule has 2 atom stereocenters. The van der Waals surface area contributed by atoms with Crippen molar-refractivity contribution in [2.75, 3.05) is 16.8 Å². The molecule has 2 N–H and O–H groups in total. The molecule has 0 saturated heterocycles. The van der Waals surface area contributed by atoms with Gasteiger partial charge in [-0.15, -0.1) is 0 Å². The van der Waals surface area contributed by atoms with Gasteiger partial charge in [-0.05, 0) is 49.4 Å². The third kappa shape index (κ3) is 5.05. The lowest BCUT2D eigenvalue weighted by atomic mass is 10.0. The van der Waals surface area contributed by atoms with E-state index in [1.165, 1.54) is 0 Å². The molecule has 1 aromatic carbocycles. The molecule has 1 aromatic heterocycles. The standard InChI is InChI=1S/C23H32N4O4S/c1-5-12-27(22(23(28)29)13-16(2)3)32(30,31)19-8-6-18(7-9-19)15-26-17(4)25-20-14-24-11-10-21(20)26/h6-11,14,16-17,22,25H,5,12-13,15H2,1-4H3,(H,28,29)/t17?,22-/m0/s1. The summed E-state index contributed by atoms with van der Waals surface area (Å²) in [6.45, 7) is 8.46. The maximum atomic E-state index is 13.4. The predicted molar refractivity (Wildman–Crippen MR) is 125 cm³/mol. The van der Waals surface area contributed by atoms with Gasteiger partial charge in [0.1, 0.15) is 6.04 Å². The van der Waals surface area contributed by atoms with Crippen LogP contribution in [0.3, 0.4) is 0 Å². The number of nitrogens with zero attached hydrogens (tertiary/aromatic N) is 3. The SMILES string of the molecule is CCCN([C@@H](CC(C)C)C(=O)O)S(=O)(=O)c1ccc(CN2c3ccncc3NC2C)cc1. The van der Waals surface area contributed by atoms with Gasteiger partial charge in [0, 0.05) is 19.3 Å². The van der Waals surface area contributed by atoms with Crippen LogP contribution in [0.1, 0.15) is 46.1 Å². The molecule has 1 aliphatic rings. The first-order valence-corrected chi connectivity index (χ1v) is 12.4. The van der Waals surface area contributed by atoms with E-state index in [9.17, 15) is 18.3 Å². The summed E-state index contributed by atoms with van der Waals surface area (Å²) in [4.78, 5) is 18.3. The van der Waals surface area contributed by atoms with E-state index >= 15 is 0 Å². The van der Waals surface area contributed by atoms with Crippen molar-refractivity contribution in [1.29, 1.82) is 0 Å². The average Bonchev–Trinajstić information content (AvgIpc) is 3.05. The lowest BCUT2D eigenvalue weighted by Gasteiger charge is -2.29. The maximum Gasteiger partial charge on any atom is 0.322 e. The number of hydrogen-bond donors (Lipinski definition) is 2. The number of anilines is 2. The topological polar surface area (TPSA) is 103 Å². The van der Waals surface area contributed by atoms with Crippen molar-refractivity contribution in [3.63, 3.8) is 0 Å². The molecular formula is C23H32N4O4S. The van der Waals surface area contributed by atoms with Crippen molar-refractivity contribution in [2.24, 2.45) is 5.92 Å². The average molecular weight is 461 g/mol. The molecule has 0 aliphatic carbocycles. The van der Waals surface area contributed by atoms with Crippen LogP contribution in [-0.4, -0.2) is 47.5 Å². The summed E-state index contributed by atoms with van der Waals surface area (Å²) < 4.78 is 27.9. The number of fused-ring (bicyclic) bond motifs is 1. The van der Waals surface area contributed by atoms with Crippen LogP contribution in [0.5, 0.6) is 0 Å². The molecule has 2 aromatic rings. The number of nitrogens with one attached hydrogen (secondary N) is 1. The summed E-state index contributed by atoms with van der Waals surface area (Å²) in [6, 6.07) is 7.60. The Morgan fingerprint density at radius 1 is 1.25 bits per heavy atom. The Morgan fingerprint density at radius 2 is 1.94 bits per heavy atom. The smallest absolute Gasteiger partial charge is 0.322 e. The van der Waals surface area contributed by atoms with E-state index < -0.39 is 22.0 Å². The molecule has 32 heavy (non-hydrogen) atoms. The number of rotatable bonds is 10. The Bertz CT molecular complexity index is 1040. The minimum Gasteiger partial charge on any atom is -0.480 e. The first-order valence-electron chi connectivity index (χ1n) is 11.0. The number of hydrogen-bond acceptors (Lipinski definition) is 6. The van der Waals surface area contributed by atoms with E-state index in [0.717, 1.165) is 21.2 Å². The van der Waals surface area contributed by atoms with E-state index in [2.05, 4.69) is 22.1 Å². The van der Waals surface area contributed by atoms with Crippen molar-refractivity contribution >= 4 is 27.4 Å². The number of carboxylic acid groups (broad SMARTS) is 1. The predicted octanol–water partition coefficient (Wildman–Crippen LogP) is 3.76. The lowest BCUT2D eigenvalue weighted by molar-refractivity contribution is -0.142. The molecule has 1 aliphatic heterocycles. The highest BCUT2D eigenvalue weighted by atomic mass is 32.2. The van der Waals surface area contributed by atoms with Crippen LogP contribution in [0.15, 0.2) is 47.6 Å². The van der Waals surface area contributed by atoms with Crippen molar-refractivity contribution in [1.82, 2.24) is 9.29 Å². The summed E-state index contributed by atoms with van der Waals surface area (Å²) in [7, 11) is -3.94. The van der Waals surface area contributed by atoms with Gasteiger partial charge in [0.05, 0.1) is 28.6 Å². The second-order valence-electron chi connectivity index (χ2n) is 8.58. The fraction of sp³-hybridized carbons (Fsp3) is 0.478. The van der Waals surface area contributed by atoms with Crippen LogP contribution in [0.4, 0.5) is 11.4 Å². The Hall–Kier alpha value is -2.65. The molecule has 8 nitrogen and oxygen atoms in total. The van der Waals surface area contributed by atoms with E-state index in [0.29, 0.717) is 13.0 Å². The van der Waals surface area contributed by atoms with Crippen LogP contribution < -0.4 is 10.2 Å². The molecule has 174 valence electrons. The van der Waals surface area contributed by atoms with Crippen molar-refractivity contribution in [3.05, 3.63) is 48.3 Å². The maximum absolute atomic E-state index is 13.4. The number of sulfonamides is 1. The first-order chi connectivity index (χ1) is 15.1. The third-order valence-electron chi connectivity index (χ3n) is 5.59. The highest BCUT2D eigenvalue weighted by molar-refractivity contribution is 7.89. The Labute approximate surface area is 190 Å². The minimum absolute atomic E-state index is 0.0576. The first kappa shape index (κ1) is 24.0. The summed E-state index contributed by atoms with van der Waals surface area (Å²) in [5, 5.41) is 13.1. The third-order valence-corrected chi connectivity index (χ3v) is 7.52. The number of aliphatic carboxylic acids is 1. The van der Waals surface area contributed by atoms with Gasteiger partial charge in [-0.1, -0.05) is 32.9 Å². The van der Waals surface area contributed by atoms with E-state index in [4.69, 9.17) is 0 Å². The van der Waals surface area contributed by atoms with Crippen molar-refractivity contribution < 1.29 is 18.3 Å². The molecule has 9 heteroatoms. The fourth-order valence-electron chi connectivity index (χ4n) is 4.03. The Morgan fingerprint density at radius 3 is 2.53 bits per heavy atom. The van der Waals surface area contributed by atoms with Gasteiger partial charge in [-0.3, -0.25) is 9.78 Å². The zero-order valence-electron chi connectivity index (χ0n) is 19.0. The monoisotopic (exact) mass is 460 g/mol. The van der Waals surface area contributed by atoms with Crippen molar-refractivity contribution in [3.8, 4) is 0 Å². The number of carboxylic acids is 1. The molecule has 0 radical (unpaired) electrons. The summed E-state index contributed by atoms with van der Waals surface area (Å²) in [6.07, 6.45) is 4.43. The number of aromatic nitrogens is 1. The Kier molecular flexibility index (Phi) is 7.40. The van der Waals surface area contributed by atoms with Gasteiger partial charge in [-0.25, -0.2) is 8.42 Å². The lowest BCUT2D eigenvalue weighted by Crippen LogP contribution is -2.46. The largest absolute Gasteiger partial charge is 0.480 e. The van der Waals surface area contributed by atoms with E-state index in [1.54, 1.807) is 36.7 Å². The van der Waals surface area contributed by atoms with Crippen LogP contribution in [0, 0.1) is 5.92 Å². The minimum atomic E-state index is -3.94. The zero-order valence-corrected chi connectivity index (χ0v) is 19.8. The molecule has 0 saturated carbocycles. The molecule has 3 rings (SSSR count). The van der Waals surface area contributed by atoms with Gasteiger partial charge in [0.25, 0.3) is 0 Å². The van der Waals surface area contributed by atoms with Gasteiger partial charge in [-0.2, -0.15) is 4.31 Å². The summed E-state index contributed by atoms with van der Waals surface area (Å²) >= 11 is 0. The highest BCUT2D eigenvalue weighted by Crippen LogP contribution is 2.34. The van der Waals surface area contributed by atoms with Crippen LogP contribution in [0.2, 0.25) is 0 Å². The molecular weight excluding hydrogens is 428 g/mol. The van der Waals surface area contributed by atoms with Crippen LogP contribution >= 0.6 is 0 Å². The summed E-state index contributed by atoms with van der Waals surface area (Å²) in [5.41, 5.74) is 2.98. The molecule has 0 fully saturated rings. The van der Waals surface area contributed by atoms with Crippen molar-refractivity contribution in [2.45, 2.75) is 64.2 Å². The van der Waals surface area contributed by atoms with Gasteiger partial charge in [0.2, 0.25) is 10.0 Å². The molecule has 2 heterocycles. The molecule has 0 amide bonds. The second kappa shape index (κ2) is 9.87. The number of benzene rings is 1. The second-order valence-corrected chi connectivity index (χ2v) is 10.5. The van der Waals surface area contributed by atoms with E-state index in [-0.39, 0.29) is 29.9 Å².